The molecule has 1 amide bonds. The van der Waals surface area contributed by atoms with Gasteiger partial charge in [-0.3, -0.25) is 4.79 Å². The molecule has 2 aromatic rings. The zero-order valence-electron chi connectivity index (χ0n) is 11.8. The van der Waals surface area contributed by atoms with Crippen molar-refractivity contribution < 1.29 is 14.3 Å². The molecule has 108 valence electrons. The van der Waals surface area contributed by atoms with E-state index in [0.717, 1.165) is 23.6 Å². The first-order valence-electron chi connectivity index (χ1n) is 6.94. The molecule has 0 radical (unpaired) electrons. The maximum atomic E-state index is 12.1. The lowest BCUT2D eigenvalue weighted by Crippen LogP contribution is -2.12. The molecule has 0 aliphatic carbocycles. The van der Waals surface area contributed by atoms with Crippen molar-refractivity contribution in [3.63, 3.8) is 0 Å². The van der Waals surface area contributed by atoms with Crippen LogP contribution < -0.4 is 10.1 Å². The van der Waals surface area contributed by atoms with Crippen molar-refractivity contribution in [2.45, 2.75) is 13.0 Å². The summed E-state index contributed by atoms with van der Waals surface area (Å²) in [5, 5.41) is 2.88. The second-order valence-corrected chi connectivity index (χ2v) is 5.07. The van der Waals surface area contributed by atoms with Crippen LogP contribution in [0.3, 0.4) is 0 Å². The summed E-state index contributed by atoms with van der Waals surface area (Å²) in [4.78, 5) is 12.1. The Balaban J connectivity index is 1.65. The Hall–Kier alpha value is -2.33. The molecule has 2 aromatic carbocycles. The van der Waals surface area contributed by atoms with Gasteiger partial charge in [0, 0.05) is 11.3 Å². The number of rotatable bonds is 5. The summed E-state index contributed by atoms with van der Waals surface area (Å²) in [7, 11) is 0. The maximum Gasteiger partial charge on any atom is 0.255 e. The zero-order chi connectivity index (χ0) is 14.7. The number of ether oxygens (including phenoxy) is 2. The monoisotopic (exact) mass is 283 g/mol. The fourth-order valence-corrected chi connectivity index (χ4v) is 2.03. The molecule has 3 rings (SSSR count). The number of nitrogens with one attached hydrogen (secondary N) is 1. The standard InChI is InChI=1S/C17H17NO3/c1-12-9-14(7-8-16(12)21-11-15-10-20-15)18-17(19)13-5-3-2-4-6-13/h2-9,15H,10-11H2,1H3,(H,18,19). The number of benzene rings is 2. The molecule has 1 unspecified atom stereocenters. The lowest BCUT2D eigenvalue weighted by Gasteiger charge is -2.10. The number of anilines is 1. The van der Waals surface area contributed by atoms with Crippen LogP contribution >= 0.6 is 0 Å². The summed E-state index contributed by atoms with van der Waals surface area (Å²) in [6, 6.07) is 14.8. The molecule has 4 heteroatoms. The number of epoxide rings is 1. The summed E-state index contributed by atoms with van der Waals surface area (Å²) in [5.74, 6) is 0.707. The SMILES string of the molecule is Cc1cc(NC(=O)c2ccccc2)ccc1OCC1CO1. The number of hydrogen-bond donors (Lipinski definition) is 1. The third-order valence-corrected chi connectivity index (χ3v) is 3.30. The number of carbonyl (C=O) groups excluding carboxylic acids is 1. The number of carbonyl (C=O) groups is 1. The van der Waals surface area contributed by atoms with Gasteiger partial charge < -0.3 is 14.8 Å². The van der Waals surface area contributed by atoms with E-state index in [0.29, 0.717) is 12.2 Å². The second kappa shape index (κ2) is 5.97. The molecule has 4 nitrogen and oxygen atoms in total. The molecule has 1 atom stereocenters. The fourth-order valence-electron chi connectivity index (χ4n) is 2.03. The van der Waals surface area contributed by atoms with Crippen LogP contribution in [0.4, 0.5) is 5.69 Å². The summed E-state index contributed by atoms with van der Waals surface area (Å²) < 4.78 is 10.8. The van der Waals surface area contributed by atoms with Crippen LogP contribution in [0.25, 0.3) is 0 Å². The minimum atomic E-state index is -0.116. The first-order chi connectivity index (χ1) is 10.2. The molecule has 1 N–H and O–H groups in total. The Kier molecular flexibility index (Phi) is 3.88. The van der Waals surface area contributed by atoms with Crippen molar-refractivity contribution >= 4 is 11.6 Å². The summed E-state index contributed by atoms with van der Waals surface area (Å²) in [5.41, 5.74) is 2.39. The van der Waals surface area contributed by atoms with Crippen molar-refractivity contribution in [2.24, 2.45) is 0 Å². The number of aryl methyl sites for hydroxylation is 1. The molecule has 0 bridgehead atoms. The first kappa shape index (κ1) is 13.6. The second-order valence-electron chi connectivity index (χ2n) is 5.07. The topological polar surface area (TPSA) is 50.9 Å². The van der Waals surface area contributed by atoms with Gasteiger partial charge in [-0.25, -0.2) is 0 Å². The molecule has 1 aliphatic rings. The van der Waals surface area contributed by atoms with Gasteiger partial charge in [0.2, 0.25) is 0 Å². The van der Waals surface area contributed by atoms with Gasteiger partial charge in [-0.15, -0.1) is 0 Å². The van der Waals surface area contributed by atoms with E-state index in [-0.39, 0.29) is 12.0 Å². The zero-order valence-corrected chi connectivity index (χ0v) is 11.8. The summed E-state index contributed by atoms with van der Waals surface area (Å²) in [6.45, 7) is 3.32. The van der Waals surface area contributed by atoms with Crippen LogP contribution in [-0.4, -0.2) is 25.2 Å². The fraction of sp³-hybridized carbons (Fsp3) is 0.235. The third-order valence-electron chi connectivity index (χ3n) is 3.30. The highest BCUT2D eigenvalue weighted by Gasteiger charge is 2.23. The van der Waals surface area contributed by atoms with Crippen LogP contribution in [0.2, 0.25) is 0 Å². The average molecular weight is 283 g/mol. The molecule has 21 heavy (non-hydrogen) atoms. The van der Waals surface area contributed by atoms with E-state index in [1.165, 1.54) is 0 Å². The van der Waals surface area contributed by atoms with E-state index in [4.69, 9.17) is 9.47 Å². The maximum absolute atomic E-state index is 12.1. The van der Waals surface area contributed by atoms with Gasteiger partial charge >= 0.3 is 0 Å². The quantitative estimate of drug-likeness (QED) is 0.858. The van der Waals surface area contributed by atoms with E-state index >= 15 is 0 Å². The molecular formula is C17H17NO3. The van der Waals surface area contributed by atoms with E-state index in [1.807, 2.05) is 43.3 Å². The Morgan fingerprint density at radius 1 is 1.29 bits per heavy atom. The van der Waals surface area contributed by atoms with Gasteiger partial charge in [-0.05, 0) is 42.8 Å². The Morgan fingerprint density at radius 3 is 2.71 bits per heavy atom. The molecule has 1 fully saturated rings. The van der Waals surface area contributed by atoms with E-state index in [1.54, 1.807) is 12.1 Å². The van der Waals surface area contributed by atoms with Crippen LogP contribution in [0.15, 0.2) is 48.5 Å². The smallest absolute Gasteiger partial charge is 0.255 e. The van der Waals surface area contributed by atoms with Gasteiger partial charge in [0.1, 0.15) is 18.5 Å². The van der Waals surface area contributed by atoms with Crippen molar-refractivity contribution in [1.29, 1.82) is 0 Å². The van der Waals surface area contributed by atoms with E-state index < -0.39 is 0 Å². The predicted molar refractivity (Wildman–Crippen MR) is 80.8 cm³/mol. The van der Waals surface area contributed by atoms with Gasteiger partial charge in [0.15, 0.2) is 0 Å². The van der Waals surface area contributed by atoms with Crippen molar-refractivity contribution in [3.8, 4) is 5.75 Å². The molecule has 1 saturated heterocycles. The van der Waals surface area contributed by atoms with Gasteiger partial charge in [0.25, 0.3) is 5.91 Å². The largest absolute Gasteiger partial charge is 0.491 e. The van der Waals surface area contributed by atoms with Crippen molar-refractivity contribution in [3.05, 3.63) is 59.7 Å². The predicted octanol–water partition coefficient (Wildman–Crippen LogP) is 3.02. The minimum Gasteiger partial charge on any atom is -0.491 e. The minimum absolute atomic E-state index is 0.116. The third kappa shape index (κ3) is 3.61. The highest BCUT2D eigenvalue weighted by Crippen LogP contribution is 2.23. The normalized spacial score (nSPS) is 16.3. The van der Waals surface area contributed by atoms with E-state index in [9.17, 15) is 4.79 Å². The van der Waals surface area contributed by atoms with Crippen LogP contribution in [-0.2, 0) is 4.74 Å². The van der Waals surface area contributed by atoms with Gasteiger partial charge in [-0.2, -0.15) is 0 Å². The van der Waals surface area contributed by atoms with Gasteiger partial charge in [-0.1, -0.05) is 18.2 Å². The molecule has 1 aliphatic heterocycles. The first-order valence-corrected chi connectivity index (χ1v) is 6.94. The van der Waals surface area contributed by atoms with Gasteiger partial charge in [0.05, 0.1) is 6.61 Å². The highest BCUT2D eigenvalue weighted by atomic mass is 16.6. The number of amides is 1. The molecule has 0 aromatic heterocycles. The van der Waals surface area contributed by atoms with Crippen molar-refractivity contribution in [2.75, 3.05) is 18.5 Å². The summed E-state index contributed by atoms with van der Waals surface area (Å²) >= 11 is 0. The van der Waals surface area contributed by atoms with E-state index in [2.05, 4.69) is 5.32 Å². The molecular weight excluding hydrogens is 266 g/mol. The molecule has 1 heterocycles. The molecule has 0 spiro atoms. The lowest BCUT2D eigenvalue weighted by atomic mass is 10.1. The summed E-state index contributed by atoms with van der Waals surface area (Å²) in [6.07, 6.45) is 0.238. The van der Waals surface area contributed by atoms with Crippen molar-refractivity contribution in [1.82, 2.24) is 0 Å². The Labute approximate surface area is 123 Å². The van der Waals surface area contributed by atoms with Crippen LogP contribution in [0.5, 0.6) is 5.75 Å². The van der Waals surface area contributed by atoms with Crippen LogP contribution in [0, 0.1) is 6.92 Å². The highest BCUT2D eigenvalue weighted by molar-refractivity contribution is 6.04. The van der Waals surface area contributed by atoms with Crippen LogP contribution in [0.1, 0.15) is 15.9 Å². The Morgan fingerprint density at radius 2 is 2.05 bits per heavy atom. The average Bonchev–Trinajstić information content (AvgIpc) is 3.31. The lowest BCUT2D eigenvalue weighted by molar-refractivity contribution is 0.102. The molecule has 0 saturated carbocycles. The Bertz CT molecular complexity index is 636. The number of hydrogen-bond acceptors (Lipinski definition) is 3.